The van der Waals surface area contributed by atoms with Gasteiger partial charge in [-0.15, -0.1) is 0 Å². The van der Waals surface area contributed by atoms with Gasteiger partial charge < -0.3 is 14.6 Å². The normalized spacial score (nSPS) is 10.9. The van der Waals surface area contributed by atoms with E-state index in [1.54, 1.807) is 20.3 Å². The predicted molar refractivity (Wildman–Crippen MR) is 87.1 cm³/mol. The van der Waals surface area contributed by atoms with Crippen LogP contribution in [0.1, 0.15) is 11.1 Å². The zero-order chi connectivity index (χ0) is 17.5. The molecule has 0 spiro atoms. The zero-order valence-corrected chi connectivity index (χ0v) is 13.8. The van der Waals surface area contributed by atoms with E-state index in [0.29, 0.717) is 36.7 Å². The average Bonchev–Trinajstić information content (AvgIpc) is 2.58. The van der Waals surface area contributed by atoms with Gasteiger partial charge >= 0.3 is 0 Å². The van der Waals surface area contributed by atoms with Gasteiger partial charge in [0, 0.05) is 31.3 Å². The Morgan fingerprint density at radius 3 is 2.38 bits per heavy atom. The van der Waals surface area contributed by atoms with Crippen LogP contribution in [-0.4, -0.2) is 37.4 Å². The van der Waals surface area contributed by atoms with Crippen molar-refractivity contribution in [3.63, 3.8) is 0 Å². The van der Waals surface area contributed by atoms with E-state index in [-0.39, 0.29) is 6.61 Å². The summed E-state index contributed by atoms with van der Waals surface area (Å²) >= 11 is 0. The van der Waals surface area contributed by atoms with Crippen LogP contribution >= 0.6 is 0 Å². The second-order valence-corrected chi connectivity index (χ2v) is 5.36. The Bertz CT molecular complexity index is 679. The van der Waals surface area contributed by atoms with Crippen LogP contribution in [0, 0.1) is 11.6 Å². The Morgan fingerprint density at radius 1 is 0.958 bits per heavy atom. The van der Waals surface area contributed by atoms with Crippen molar-refractivity contribution in [1.29, 1.82) is 0 Å². The van der Waals surface area contributed by atoms with Crippen LogP contribution in [-0.2, 0) is 13.1 Å². The second-order valence-electron chi connectivity index (χ2n) is 5.36. The van der Waals surface area contributed by atoms with E-state index in [9.17, 15) is 13.9 Å². The first kappa shape index (κ1) is 18.2. The summed E-state index contributed by atoms with van der Waals surface area (Å²) in [4.78, 5) is 1.93. The summed E-state index contributed by atoms with van der Waals surface area (Å²) in [6.07, 6.45) is 0. The molecule has 0 fully saturated rings. The molecule has 2 aromatic rings. The molecule has 0 aliphatic rings. The third kappa shape index (κ3) is 4.66. The van der Waals surface area contributed by atoms with E-state index in [1.807, 2.05) is 17.0 Å². The van der Waals surface area contributed by atoms with E-state index in [4.69, 9.17) is 9.47 Å². The number of benzene rings is 2. The number of nitrogens with zero attached hydrogens (tertiary/aromatic N) is 1. The van der Waals surface area contributed by atoms with Crippen molar-refractivity contribution in [2.75, 3.05) is 27.4 Å². The lowest BCUT2D eigenvalue weighted by Gasteiger charge is -2.23. The first-order valence-corrected chi connectivity index (χ1v) is 7.55. The van der Waals surface area contributed by atoms with E-state index in [0.717, 1.165) is 11.6 Å². The van der Waals surface area contributed by atoms with Gasteiger partial charge in [-0.3, -0.25) is 4.90 Å². The molecule has 24 heavy (non-hydrogen) atoms. The highest BCUT2D eigenvalue weighted by molar-refractivity contribution is 5.40. The lowest BCUT2D eigenvalue weighted by molar-refractivity contribution is 0.182. The molecule has 2 aromatic carbocycles. The van der Waals surface area contributed by atoms with Crippen molar-refractivity contribution in [1.82, 2.24) is 4.90 Å². The van der Waals surface area contributed by atoms with Gasteiger partial charge in [-0.25, -0.2) is 8.78 Å². The molecule has 0 aliphatic heterocycles. The smallest absolute Gasteiger partial charge is 0.159 e. The maximum Gasteiger partial charge on any atom is 0.159 e. The average molecular weight is 337 g/mol. The van der Waals surface area contributed by atoms with Crippen molar-refractivity contribution in [2.24, 2.45) is 0 Å². The number of rotatable bonds is 8. The lowest BCUT2D eigenvalue weighted by atomic mass is 10.1. The number of aliphatic hydroxyl groups is 1. The Morgan fingerprint density at radius 2 is 1.75 bits per heavy atom. The molecule has 0 amide bonds. The van der Waals surface area contributed by atoms with Crippen LogP contribution in [0.3, 0.4) is 0 Å². The minimum absolute atomic E-state index is 0.0395. The molecule has 1 N–H and O–H groups in total. The molecule has 0 unspecified atom stereocenters. The van der Waals surface area contributed by atoms with Crippen LogP contribution in [0.5, 0.6) is 11.5 Å². The summed E-state index contributed by atoms with van der Waals surface area (Å²) in [6, 6.07) is 9.30. The van der Waals surface area contributed by atoms with Gasteiger partial charge in [0.1, 0.15) is 11.5 Å². The molecule has 130 valence electrons. The van der Waals surface area contributed by atoms with Crippen LogP contribution in [0.15, 0.2) is 36.4 Å². The molecule has 0 aliphatic carbocycles. The van der Waals surface area contributed by atoms with Gasteiger partial charge in [-0.1, -0.05) is 12.1 Å². The monoisotopic (exact) mass is 337 g/mol. The van der Waals surface area contributed by atoms with Crippen LogP contribution in [0.2, 0.25) is 0 Å². The van der Waals surface area contributed by atoms with E-state index in [1.165, 1.54) is 12.1 Å². The minimum atomic E-state index is -0.876. The van der Waals surface area contributed by atoms with Crippen molar-refractivity contribution in [3.8, 4) is 11.5 Å². The molecule has 0 radical (unpaired) electrons. The highest BCUT2D eigenvalue weighted by atomic mass is 19.2. The molecular formula is C18H21F2NO3. The molecular weight excluding hydrogens is 316 g/mol. The molecule has 0 heterocycles. The quantitative estimate of drug-likeness (QED) is 0.804. The topological polar surface area (TPSA) is 41.9 Å². The Hall–Kier alpha value is -2.18. The molecule has 0 saturated carbocycles. The zero-order valence-electron chi connectivity index (χ0n) is 13.8. The van der Waals surface area contributed by atoms with Crippen molar-refractivity contribution >= 4 is 0 Å². The molecule has 0 aromatic heterocycles. The van der Waals surface area contributed by atoms with Gasteiger partial charge in [0.25, 0.3) is 0 Å². The van der Waals surface area contributed by atoms with Crippen LogP contribution in [0.4, 0.5) is 8.78 Å². The largest absolute Gasteiger partial charge is 0.497 e. The molecule has 0 atom stereocenters. The third-order valence-corrected chi connectivity index (χ3v) is 3.69. The summed E-state index contributed by atoms with van der Waals surface area (Å²) in [5.74, 6) is -0.393. The minimum Gasteiger partial charge on any atom is -0.497 e. The van der Waals surface area contributed by atoms with Crippen LogP contribution in [0.25, 0.3) is 0 Å². The number of ether oxygens (including phenoxy) is 2. The summed E-state index contributed by atoms with van der Waals surface area (Å²) < 4.78 is 37.0. The van der Waals surface area contributed by atoms with Crippen molar-refractivity contribution in [2.45, 2.75) is 13.1 Å². The van der Waals surface area contributed by atoms with E-state index < -0.39 is 11.6 Å². The summed E-state index contributed by atoms with van der Waals surface area (Å²) in [7, 11) is 3.15. The third-order valence-electron chi connectivity index (χ3n) is 3.69. The maximum absolute atomic E-state index is 13.4. The summed E-state index contributed by atoms with van der Waals surface area (Å²) in [5.41, 5.74) is 1.55. The SMILES string of the molecule is COc1ccc(CN(CCO)Cc2ccc(F)c(F)c2)c(OC)c1. The van der Waals surface area contributed by atoms with Crippen molar-refractivity contribution < 1.29 is 23.4 Å². The highest BCUT2D eigenvalue weighted by Crippen LogP contribution is 2.26. The molecule has 4 nitrogen and oxygen atoms in total. The van der Waals surface area contributed by atoms with E-state index in [2.05, 4.69) is 0 Å². The van der Waals surface area contributed by atoms with Gasteiger partial charge in [0.15, 0.2) is 11.6 Å². The van der Waals surface area contributed by atoms with Crippen molar-refractivity contribution in [3.05, 3.63) is 59.2 Å². The Labute approximate surface area is 140 Å². The number of halogens is 2. The summed E-state index contributed by atoms with van der Waals surface area (Å²) in [5, 5.41) is 9.27. The Kier molecular flexibility index (Phi) is 6.52. The first-order valence-electron chi connectivity index (χ1n) is 7.55. The number of aliphatic hydroxyl groups excluding tert-OH is 1. The fourth-order valence-electron chi connectivity index (χ4n) is 2.48. The highest BCUT2D eigenvalue weighted by Gasteiger charge is 2.12. The Balaban J connectivity index is 2.17. The van der Waals surface area contributed by atoms with Gasteiger partial charge in [-0.05, 0) is 23.8 Å². The fourth-order valence-corrected chi connectivity index (χ4v) is 2.48. The number of hydrogen-bond acceptors (Lipinski definition) is 4. The summed E-state index contributed by atoms with van der Waals surface area (Å²) in [6.45, 7) is 1.23. The molecule has 0 bridgehead atoms. The van der Waals surface area contributed by atoms with Gasteiger partial charge in [0.2, 0.25) is 0 Å². The maximum atomic E-state index is 13.4. The van der Waals surface area contributed by atoms with Gasteiger partial charge in [0.05, 0.1) is 20.8 Å². The lowest BCUT2D eigenvalue weighted by Crippen LogP contribution is -2.26. The van der Waals surface area contributed by atoms with Gasteiger partial charge in [-0.2, -0.15) is 0 Å². The second kappa shape index (κ2) is 8.61. The van der Waals surface area contributed by atoms with Crippen LogP contribution < -0.4 is 9.47 Å². The molecule has 0 saturated heterocycles. The van der Waals surface area contributed by atoms with E-state index >= 15 is 0 Å². The number of methoxy groups -OCH3 is 2. The predicted octanol–water partition coefficient (Wildman–Crippen LogP) is 2.98. The molecule has 6 heteroatoms. The standard InChI is InChI=1S/C18H21F2NO3/c1-23-15-5-4-14(18(10-15)24-2)12-21(7-8-22)11-13-3-6-16(19)17(20)9-13/h3-6,9-10,22H,7-8,11-12H2,1-2H3. The fraction of sp³-hybridized carbons (Fsp3) is 0.333. The number of hydrogen-bond donors (Lipinski definition) is 1. The molecule has 2 rings (SSSR count). The first-order chi connectivity index (χ1) is 11.6.